The molecule has 0 aliphatic heterocycles. The molecule has 0 bridgehead atoms. The number of rotatable bonds is 8. The molecule has 0 atom stereocenters. The Morgan fingerprint density at radius 1 is 1.42 bits per heavy atom. The Bertz CT molecular complexity index is 415. The van der Waals surface area contributed by atoms with Crippen LogP contribution in [0.1, 0.15) is 5.56 Å². The predicted molar refractivity (Wildman–Crippen MR) is 77.8 cm³/mol. The molecule has 0 spiro atoms. The van der Waals surface area contributed by atoms with Crippen LogP contribution in [0.5, 0.6) is 0 Å². The van der Waals surface area contributed by atoms with Gasteiger partial charge in [0.25, 0.3) is 0 Å². The zero-order valence-corrected chi connectivity index (χ0v) is 12.6. The van der Waals surface area contributed by atoms with E-state index < -0.39 is 0 Å². The zero-order valence-electron chi connectivity index (χ0n) is 11.1. The molecule has 0 fully saturated rings. The van der Waals surface area contributed by atoms with E-state index in [4.69, 9.17) is 16.3 Å². The summed E-state index contributed by atoms with van der Waals surface area (Å²) >= 11 is 7.44. The summed E-state index contributed by atoms with van der Waals surface area (Å²) in [5, 5.41) is 3.94. The normalized spacial score (nSPS) is 10.5. The van der Waals surface area contributed by atoms with E-state index in [9.17, 15) is 4.79 Å². The maximum Gasteiger partial charge on any atom is 0.315 e. The quantitative estimate of drug-likeness (QED) is 0.454. The molecule has 6 heteroatoms. The molecule has 0 aromatic heterocycles. The van der Waals surface area contributed by atoms with Crippen LogP contribution < -0.4 is 5.32 Å². The number of thioether (sulfide) groups is 1. The van der Waals surface area contributed by atoms with Gasteiger partial charge in [-0.25, -0.2) is 0 Å². The lowest BCUT2D eigenvalue weighted by atomic mass is 10.2. The van der Waals surface area contributed by atoms with Crippen LogP contribution in [0.15, 0.2) is 23.1 Å². The van der Waals surface area contributed by atoms with Crippen molar-refractivity contribution in [2.24, 2.45) is 0 Å². The second-order valence-corrected chi connectivity index (χ2v) is 5.24. The van der Waals surface area contributed by atoms with Gasteiger partial charge in [0.05, 0.1) is 19.5 Å². The molecule has 1 rings (SSSR count). The molecule has 0 saturated carbocycles. The Balaban J connectivity index is 2.60. The van der Waals surface area contributed by atoms with Crippen LogP contribution in [0.4, 0.5) is 0 Å². The number of hydrogen-bond donors (Lipinski definition) is 1. The second kappa shape index (κ2) is 9.20. The van der Waals surface area contributed by atoms with Gasteiger partial charge in [-0.15, -0.1) is 11.8 Å². The summed E-state index contributed by atoms with van der Waals surface area (Å²) in [5.41, 5.74) is 1.07. The van der Waals surface area contributed by atoms with E-state index in [0.29, 0.717) is 23.9 Å². The minimum atomic E-state index is -0.238. The Kier molecular flexibility index (Phi) is 7.90. The Hall–Kier alpha value is -0.750. The molecule has 1 aromatic carbocycles. The van der Waals surface area contributed by atoms with E-state index in [1.54, 1.807) is 7.11 Å². The van der Waals surface area contributed by atoms with Gasteiger partial charge in [0.15, 0.2) is 0 Å². The van der Waals surface area contributed by atoms with E-state index >= 15 is 0 Å². The molecule has 106 valence electrons. The maximum atomic E-state index is 11.2. The second-order valence-electron chi connectivity index (χ2n) is 3.79. The summed E-state index contributed by atoms with van der Waals surface area (Å²) in [6.07, 6.45) is 0. The first-order valence-corrected chi connectivity index (χ1v) is 7.21. The number of nitrogens with one attached hydrogen (secondary N) is 1. The fraction of sp³-hybridized carbons (Fsp3) is 0.462. The maximum absolute atomic E-state index is 11.2. The monoisotopic (exact) mass is 303 g/mol. The van der Waals surface area contributed by atoms with Gasteiger partial charge < -0.3 is 14.8 Å². The summed E-state index contributed by atoms with van der Waals surface area (Å²) in [6, 6.07) is 5.64. The average molecular weight is 304 g/mol. The van der Waals surface area contributed by atoms with Gasteiger partial charge in [0.1, 0.15) is 0 Å². The van der Waals surface area contributed by atoms with Crippen molar-refractivity contribution >= 4 is 29.3 Å². The number of methoxy groups -OCH3 is 2. The lowest BCUT2D eigenvalue weighted by molar-refractivity contribution is -0.137. The number of carbonyl (C=O) groups excluding carboxylic acids is 1. The first-order valence-electron chi connectivity index (χ1n) is 5.85. The van der Waals surface area contributed by atoms with E-state index in [1.807, 2.05) is 18.2 Å². The van der Waals surface area contributed by atoms with Crippen LogP contribution in [0.2, 0.25) is 5.02 Å². The summed E-state index contributed by atoms with van der Waals surface area (Å²) in [6.45, 7) is 2.11. The SMILES string of the molecule is COCCNCc1cc(Cl)ccc1SCC(=O)OC. The Morgan fingerprint density at radius 2 is 2.21 bits per heavy atom. The van der Waals surface area contributed by atoms with Crippen molar-refractivity contribution in [3.8, 4) is 0 Å². The van der Waals surface area contributed by atoms with Crippen molar-refractivity contribution in [2.45, 2.75) is 11.4 Å². The molecule has 0 amide bonds. The smallest absolute Gasteiger partial charge is 0.315 e. The van der Waals surface area contributed by atoms with Crippen LogP contribution in [0, 0.1) is 0 Å². The minimum Gasteiger partial charge on any atom is -0.468 e. The highest BCUT2D eigenvalue weighted by atomic mass is 35.5. The number of carbonyl (C=O) groups is 1. The van der Waals surface area contributed by atoms with Gasteiger partial charge in [0, 0.05) is 30.1 Å². The van der Waals surface area contributed by atoms with Crippen LogP contribution in [-0.4, -0.2) is 39.1 Å². The average Bonchev–Trinajstić information content (AvgIpc) is 2.42. The van der Waals surface area contributed by atoms with E-state index in [0.717, 1.165) is 17.0 Å². The molecule has 0 heterocycles. The van der Waals surface area contributed by atoms with Gasteiger partial charge in [-0.2, -0.15) is 0 Å². The fourth-order valence-electron chi connectivity index (χ4n) is 1.42. The van der Waals surface area contributed by atoms with Crippen LogP contribution in [0.25, 0.3) is 0 Å². The fourth-order valence-corrected chi connectivity index (χ4v) is 2.49. The summed E-state index contributed by atoms with van der Waals surface area (Å²) in [4.78, 5) is 12.2. The summed E-state index contributed by atoms with van der Waals surface area (Å²) in [7, 11) is 3.05. The van der Waals surface area contributed by atoms with Gasteiger partial charge in [-0.1, -0.05) is 11.6 Å². The third-order valence-corrected chi connectivity index (χ3v) is 3.72. The van der Waals surface area contributed by atoms with Gasteiger partial charge in [-0.05, 0) is 23.8 Å². The van der Waals surface area contributed by atoms with Gasteiger partial charge in [0.2, 0.25) is 0 Å². The zero-order chi connectivity index (χ0) is 14.1. The van der Waals surface area contributed by atoms with Crippen molar-refractivity contribution in [2.75, 3.05) is 33.1 Å². The largest absolute Gasteiger partial charge is 0.468 e. The highest BCUT2D eigenvalue weighted by Crippen LogP contribution is 2.25. The Morgan fingerprint density at radius 3 is 2.89 bits per heavy atom. The molecular weight excluding hydrogens is 286 g/mol. The molecule has 0 radical (unpaired) electrons. The number of ether oxygens (including phenoxy) is 2. The van der Waals surface area contributed by atoms with Crippen molar-refractivity contribution in [3.63, 3.8) is 0 Å². The Labute approximate surface area is 122 Å². The first-order chi connectivity index (χ1) is 9.17. The standard InChI is InChI=1S/C13H18ClNO3S/c1-17-6-5-15-8-10-7-11(14)3-4-12(10)19-9-13(16)18-2/h3-4,7,15H,5-6,8-9H2,1-2H3. The number of hydrogen-bond acceptors (Lipinski definition) is 5. The molecule has 1 N–H and O–H groups in total. The van der Waals surface area contributed by atoms with E-state index in [1.165, 1.54) is 18.9 Å². The molecule has 0 aliphatic rings. The van der Waals surface area contributed by atoms with Crippen molar-refractivity contribution in [3.05, 3.63) is 28.8 Å². The molecule has 4 nitrogen and oxygen atoms in total. The van der Waals surface area contributed by atoms with Crippen molar-refractivity contribution < 1.29 is 14.3 Å². The number of benzene rings is 1. The van der Waals surface area contributed by atoms with E-state index in [-0.39, 0.29) is 5.97 Å². The highest BCUT2D eigenvalue weighted by molar-refractivity contribution is 8.00. The van der Waals surface area contributed by atoms with E-state index in [2.05, 4.69) is 10.1 Å². The van der Waals surface area contributed by atoms with Gasteiger partial charge >= 0.3 is 5.97 Å². The lowest BCUT2D eigenvalue weighted by Crippen LogP contribution is -2.19. The highest BCUT2D eigenvalue weighted by Gasteiger charge is 2.07. The summed E-state index contributed by atoms with van der Waals surface area (Å²) < 4.78 is 9.60. The molecule has 1 aromatic rings. The molecule has 0 unspecified atom stereocenters. The molecule has 0 saturated heterocycles. The molecular formula is C13H18ClNO3S. The topological polar surface area (TPSA) is 47.6 Å². The third kappa shape index (κ3) is 6.29. The predicted octanol–water partition coefficient (Wildman–Crippen LogP) is 2.34. The van der Waals surface area contributed by atoms with Crippen LogP contribution >= 0.6 is 23.4 Å². The molecule has 19 heavy (non-hydrogen) atoms. The number of esters is 1. The van der Waals surface area contributed by atoms with Gasteiger partial charge in [-0.3, -0.25) is 4.79 Å². The molecule has 0 aliphatic carbocycles. The number of halogens is 1. The minimum absolute atomic E-state index is 0.238. The lowest BCUT2D eigenvalue weighted by Gasteiger charge is -2.10. The van der Waals surface area contributed by atoms with Crippen molar-refractivity contribution in [1.29, 1.82) is 0 Å². The first kappa shape index (κ1) is 16.3. The van der Waals surface area contributed by atoms with Crippen LogP contribution in [-0.2, 0) is 20.8 Å². The summed E-state index contributed by atoms with van der Waals surface area (Å²) in [5.74, 6) is 0.0571. The van der Waals surface area contributed by atoms with Crippen molar-refractivity contribution in [1.82, 2.24) is 5.32 Å². The third-order valence-electron chi connectivity index (χ3n) is 2.39. The van der Waals surface area contributed by atoms with Crippen LogP contribution in [0.3, 0.4) is 0 Å².